The van der Waals surface area contributed by atoms with E-state index in [-0.39, 0.29) is 0 Å². The van der Waals surface area contributed by atoms with Gasteiger partial charge < -0.3 is 10.6 Å². The van der Waals surface area contributed by atoms with E-state index in [1.807, 2.05) is 20.8 Å². The van der Waals surface area contributed by atoms with Gasteiger partial charge in [-0.25, -0.2) is 13.1 Å². The molecule has 0 aromatic heterocycles. The molecule has 114 valence electrons. The first kappa shape index (κ1) is 18.2. The molecule has 0 aromatic carbocycles. The van der Waals surface area contributed by atoms with Crippen molar-refractivity contribution in [1.29, 1.82) is 0 Å². The third-order valence-corrected chi connectivity index (χ3v) is 3.04. The largest absolute Gasteiger partial charge is 0.357 e. The molecular weight excluding hydrogens is 264 g/mol. The minimum atomic E-state index is -3.23. The molecule has 0 saturated heterocycles. The summed E-state index contributed by atoms with van der Waals surface area (Å²) in [6, 6.07) is 0. The van der Waals surface area contributed by atoms with Crippen molar-refractivity contribution >= 4 is 16.0 Å². The average Bonchev–Trinajstić information content (AvgIpc) is 2.18. The van der Waals surface area contributed by atoms with E-state index in [2.05, 4.69) is 34.2 Å². The van der Waals surface area contributed by atoms with E-state index in [1.165, 1.54) is 0 Å². The summed E-state index contributed by atoms with van der Waals surface area (Å²) < 4.78 is 25.1. The molecule has 0 aliphatic heterocycles. The van der Waals surface area contributed by atoms with E-state index in [9.17, 15) is 8.42 Å². The van der Waals surface area contributed by atoms with Gasteiger partial charge in [0, 0.05) is 18.6 Å². The third-order valence-electron chi connectivity index (χ3n) is 2.12. The summed E-state index contributed by atoms with van der Waals surface area (Å²) in [5.41, 5.74) is -0.603. The number of aliphatic imine (C=N–C) groups is 1. The van der Waals surface area contributed by atoms with Crippen LogP contribution in [0.5, 0.6) is 0 Å². The van der Waals surface area contributed by atoms with Gasteiger partial charge in [-0.1, -0.05) is 13.8 Å². The lowest BCUT2D eigenvalue weighted by atomic mass is 10.1. The van der Waals surface area contributed by atoms with Gasteiger partial charge in [-0.3, -0.25) is 4.99 Å². The molecule has 0 amide bonds. The van der Waals surface area contributed by atoms with Crippen molar-refractivity contribution in [3.63, 3.8) is 0 Å². The van der Waals surface area contributed by atoms with Crippen molar-refractivity contribution in [1.82, 2.24) is 15.4 Å². The predicted octanol–water partition coefficient (Wildman–Crippen LogP) is 0.525. The van der Waals surface area contributed by atoms with E-state index >= 15 is 0 Å². The molecule has 0 saturated carbocycles. The number of rotatable bonds is 7. The second-order valence-electron chi connectivity index (χ2n) is 5.73. The third kappa shape index (κ3) is 10.8. The van der Waals surface area contributed by atoms with Gasteiger partial charge >= 0.3 is 0 Å². The summed E-state index contributed by atoms with van der Waals surface area (Å²) in [4.78, 5) is 4.41. The number of guanidine groups is 1. The predicted molar refractivity (Wildman–Crippen MR) is 80.9 cm³/mol. The van der Waals surface area contributed by atoms with E-state index in [4.69, 9.17) is 0 Å². The van der Waals surface area contributed by atoms with E-state index in [0.717, 1.165) is 19.3 Å². The Labute approximate surface area is 117 Å². The molecule has 3 N–H and O–H groups in total. The maximum atomic E-state index is 11.2. The van der Waals surface area contributed by atoms with Gasteiger partial charge in [-0.2, -0.15) is 0 Å². The van der Waals surface area contributed by atoms with Crippen LogP contribution in [-0.4, -0.2) is 45.8 Å². The quantitative estimate of drug-likeness (QED) is 0.472. The molecule has 0 heterocycles. The number of nitrogens with zero attached hydrogens (tertiary/aromatic N) is 1. The minimum Gasteiger partial charge on any atom is -0.357 e. The van der Waals surface area contributed by atoms with E-state index in [0.29, 0.717) is 18.4 Å². The summed E-state index contributed by atoms with van der Waals surface area (Å²) in [5.74, 6) is 1.23. The zero-order chi connectivity index (χ0) is 15.1. The number of nitrogens with one attached hydrogen (secondary N) is 3. The van der Waals surface area contributed by atoms with Crippen molar-refractivity contribution in [2.45, 2.75) is 40.2 Å². The second-order valence-corrected chi connectivity index (χ2v) is 7.48. The lowest BCUT2D eigenvalue weighted by Crippen LogP contribution is -2.47. The van der Waals surface area contributed by atoms with Gasteiger partial charge in [0.25, 0.3) is 0 Å². The molecular formula is C12H28N4O2S. The maximum absolute atomic E-state index is 11.2. The van der Waals surface area contributed by atoms with Crippen LogP contribution in [0.25, 0.3) is 0 Å². The SMILES string of the molecule is CCNC(=NCC(C)(C)NS(C)(=O)=O)NCC(C)C. The van der Waals surface area contributed by atoms with Gasteiger partial charge in [-0.15, -0.1) is 0 Å². The van der Waals surface area contributed by atoms with Crippen LogP contribution >= 0.6 is 0 Å². The van der Waals surface area contributed by atoms with Gasteiger partial charge in [0.15, 0.2) is 5.96 Å². The van der Waals surface area contributed by atoms with Gasteiger partial charge in [0.1, 0.15) is 0 Å². The van der Waals surface area contributed by atoms with Crippen molar-refractivity contribution < 1.29 is 8.42 Å². The smallest absolute Gasteiger partial charge is 0.209 e. The molecule has 0 bridgehead atoms. The van der Waals surface area contributed by atoms with Crippen LogP contribution in [0.4, 0.5) is 0 Å². The number of sulfonamides is 1. The minimum absolute atomic E-state index is 0.369. The highest BCUT2D eigenvalue weighted by atomic mass is 32.2. The van der Waals surface area contributed by atoms with Crippen LogP contribution in [0.15, 0.2) is 4.99 Å². The molecule has 0 atom stereocenters. The van der Waals surface area contributed by atoms with Crippen molar-refractivity contribution in [3.8, 4) is 0 Å². The molecule has 0 rings (SSSR count). The fourth-order valence-corrected chi connectivity index (χ4v) is 2.52. The lowest BCUT2D eigenvalue weighted by Gasteiger charge is -2.23. The molecule has 0 aromatic rings. The van der Waals surface area contributed by atoms with Gasteiger partial charge in [0.05, 0.1) is 12.8 Å². The Morgan fingerprint density at radius 3 is 2.26 bits per heavy atom. The highest BCUT2D eigenvalue weighted by molar-refractivity contribution is 7.88. The lowest BCUT2D eigenvalue weighted by molar-refractivity contribution is 0.464. The molecule has 0 fully saturated rings. The summed E-state index contributed by atoms with van der Waals surface area (Å²) >= 11 is 0. The zero-order valence-electron chi connectivity index (χ0n) is 12.9. The molecule has 0 spiro atoms. The Bertz CT molecular complexity index is 389. The molecule has 0 aliphatic carbocycles. The summed E-state index contributed by atoms with van der Waals surface area (Å²) in [6.45, 7) is 11.8. The van der Waals surface area contributed by atoms with Crippen LogP contribution in [0.1, 0.15) is 34.6 Å². The molecule has 0 radical (unpaired) electrons. The molecule has 0 aliphatic rings. The van der Waals surface area contributed by atoms with E-state index < -0.39 is 15.6 Å². The summed E-state index contributed by atoms with van der Waals surface area (Å²) in [5, 5.41) is 6.35. The highest BCUT2D eigenvalue weighted by Crippen LogP contribution is 2.04. The Morgan fingerprint density at radius 2 is 1.84 bits per heavy atom. The van der Waals surface area contributed by atoms with E-state index in [1.54, 1.807) is 0 Å². The molecule has 19 heavy (non-hydrogen) atoms. The van der Waals surface area contributed by atoms with Crippen LogP contribution in [0, 0.1) is 5.92 Å². The van der Waals surface area contributed by atoms with Crippen molar-refractivity contribution in [2.24, 2.45) is 10.9 Å². The Balaban J connectivity index is 4.58. The number of hydrogen-bond acceptors (Lipinski definition) is 3. The first-order chi connectivity index (χ1) is 8.56. The number of hydrogen-bond donors (Lipinski definition) is 3. The van der Waals surface area contributed by atoms with Gasteiger partial charge in [0.2, 0.25) is 10.0 Å². The normalized spacial score (nSPS) is 13.7. The van der Waals surface area contributed by atoms with Crippen molar-refractivity contribution in [2.75, 3.05) is 25.9 Å². The topological polar surface area (TPSA) is 82.6 Å². The summed E-state index contributed by atoms with van der Waals surface area (Å²) in [7, 11) is -3.23. The molecule has 6 nitrogen and oxygen atoms in total. The summed E-state index contributed by atoms with van der Waals surface area (Å²) in [6.07, 6.45) is 1.15. The standard InChI is InChI=1S/C12H28N4O2S/c1-7-13-11(14-8-10(2)3)15-9-12(4,5)16-19(6,17)18/h10,16H,7-9H2,1-6H3,(H2,13,14,15). The highest BCUT2D eigenvalue weighted by Gasteiger charge is 2.21. The van der Waals surface area contributed by atoms with Crippen molar-refractivity contribution in [3.05, 3.63) is 0 Å². The van der Waals surface area contributed by atoms with Gasteiger partial charge in [-0.05, 0) is 26.7 Å². The van der Waals surface area contributed by atoms with Crippen LogP contribution in [0.2, 0.25) is 0 Å². The Kier molecular flexibility index (Phi) is 7.36. The first-order valence-electron chi connectivity index (χ1n) is 6.57. The Morgan fingerprint density at radius 1 is 1.26 bits per heavy atom. The average molecular weight is 292 g/mol. The van der Waals surface area contributed by atoms with Crippen LogP contribution < -0.4 is 15.4 Å². The van der Waals surface area contributed by atoms with Crippen LogP contribution in [-0.2, 0) is 10.0 Å². The van der Waals surface area contributed by atoms with Crippen LogP contribution in [0.3, 0.4) is 0 Å². The zero-order valence-corrected chi connectivity index (χ0v) is 13.7. The second kappa shape index (κ2) is 7.69. The fraction of sp³-hybridized carbons (Fsp3) is 0.917. The monoisotopic (exact) mass is 292 g/mol. The Hall–Kier alpha value is -0.820. The maximum Gasteiger partial charge on any atom is 0.209 e. The molecule has 0 unspecified atom stereocenters. The fourth-order valence-electron chi connectivity index (χ4n) is 1.45. The molecule has 7 heteroatoms. The first-order valence-corrected chi connectivity index (χ1v) is 8.46.